The standard InChI is InChI=1S/C24H41NO2/c1-2-3-4-5-6-7-8-9-10-11-12-13-14-18-21-27-22-24(26)25-23-19-16-15-17-20-23/h15-17,19-20H,2-14,18,21-22H2,1H3,(H,25,26). The molecule has 0 bridgehead atoms. The van der Waals surface area contributed by atoms with Crippen molar-refractivity contribution < 1.29 is 9.53 Å². The van der Waals surface area contributed by atoms with E-state index in [-0.39, 0.29) is 12.5 Å². The summed E-state index contributed by atoms with van der Waals surface area (Å²) in [6.45, 7) is 3.10. The average molecular weight is 376 g/mol. The molecule has 0 radical (unpaired) electrons. The minimum absolute atomic E-state index is 0.0773. The molecule has 0 heterocycles. The van der Waals surface area contributed by atoms with Crippen LogP contribution in [0.3, 0.4) is 0 Å². The Hall–Kier alpha value is -1.35. The van der Waals surface area contributed by atoms with Gasteiger partial charge in [-0.2, -0.15) is 0 Å². The number of anilines is 1. The third-order valence-electron chi connectivity index (χ3n) is 4.93. The van der Waals surface area contributed by atoms with Gasteiger partial charge in [-0.05, 0) is 18.6 Å². The van der Waals surface area contributed by atoms with Crippen LogP contribution in [0.1, 0.15) is 96.8 Å². The summed E-state index contributed by atoms with van der Waals surface area (Å²) in [7, 11) is 0. The molecule has 27 heavy (non-hydrogen) atoms. The van der Waals surface area contributed by atoms with Crippen molar-refractivity contribution >= 4 is 11.6 Å². The molecule has 0 saturated heterocycles. The van der Waals surface area contributed by atoms with Crippen LogP contribution in [0.2, 0.25) is 0 Å². The smallest absolute Gasteiger partial charge is 0.250 e. The third-order valence-corrected chi connectivity index (χ3v) is 4.93. The first-order valence-electron chi connectivity index (χ1n) is 11.3. The normalized spacial score (nSPS) is 10.9. The maximum Gasteiger partial charge on any atom is 0.250 e. The Morgan fingerprint density at radius 1 is 0.741 bits per heavy atom. The first kappa shape index (κ1) is 23.7. The summed E-state index contributed by atoms with van der Waals surface area (Å²) in [5.41, 5.74) is 0.822. The van der Waals surface area contributed by atoms with E-state index in [9.17, 15) is 4.79 Å². The number of carbonyl (C=O) groups is 1. The second-order valence-electron chi connectivity index (χ2n) is 7.56. The summed E-state index contributed by atoms with van der Waals surface area (Å²) in [4.78, 5) is 11.7. The summed E-state index contributed by atoms with van der Waals surface area (Å²) < 4.78 is 5.46. The molecule has 0 aromatic heterocycles. The lowest BCUT2D eigenvalue weighted by Gasteiger charge is -2.06. The maximum absolute atomic E-state index is 11.7. The Bertz CT molecular complexity index is 447. The van der Waals surface area contributed by atoms with Crippen LogP contribution in [-0.4, -0.2) is 19.1 Å². The Labute approximate surface area is 167 Å². The van der Waals surface area contributed by atoms with E-state index in [1.165, 1.54) is 83.5 Å². The first-order chi connectivity index (χ1) is 13.3. The molecule has 0 aliphatic carbocycles. The molecule has 0 aliphatic heterocycles. The lowest BCUT2D eigenvalue weighted by molar-refractivity contribution is -0.120. The molecule has 1 N–H and O–H groups in total. The van der Waals surface area contributed by atoms with Crippen LogP contribution in [0.25, 0.3) is 0 Å². The van der Waals surface area contributed by atoms with Crippen molar-refractivity contribution in [1.29, 1.82) is 0 Å². The zero-order chi connectivity index (χ0) is 19.4. The quantitative estimate of drug-likeness (QED) is 0.277. The number of ether oxygens (including phenoxy) is 1. The van der Waals surface area contributed by atoms with Gasteiger partial charge in [0.05, 0.1) is 0 Å². The number of unbranched alkanes of at least 4 members (excludes halogenated alkanes) is 13. The van der Waals surface area contributed by atoms with E-state index in [1.807, 2.05) is 30.3 Å². The van der Waals surface area contributed by atoms with Gasteiger partial charge in [-0.25, -0.2) is 0 Å². The molecule has 154 valence electrons. The summed E-state index contributed by atoms with van der Waals surface area (Å²) >= 11 is 0. The van der Waals surface area contributed by atoms with Gasteiger partial charge in [-0.1, -0.05) is 109 Å². The van der Waals surface area contributed by atoms with Crippen LogP contribution in [-0.2, 0) is 9.53 Å². The Balaban J connectivity index is 1.76. The van der Waals surface area contributed by atoms with Crippen LogP contribution in [0, 0.1) is 0 Å². The van der Waals surface area contributed by atoms with Gasteiger partial charge in [0.25, 0.3) is 0 Å². The Morgan fingerprint density at radius 2 is 1.22 bits per heavy atom. The number of carbonyl (C=O) groups excluding carboxylic acids is 1. The molecule has 0 fully saturated rings. The second kappa shape index (κ2) is 18.0. The highest BCUT2D eigenvalue weighted by Gasteiger charge is 2.01. The predicted molar refractivity (Wildman–Crippen MR) is 116 cm³/mol. The minimum Gasteiger partial charge on any atom is -0.372 e. The molecule has 3 nitrogen and oxygen atoms in total. The molecule has 0 spiro atoms. The molecule has 1 aromatic rings. The molecule has 1 aromatic carbocycles. The van der Waals surface area contributed by atoms with Crippen molar-refractivity contribution in [3.05, 3.63) is 30.3 Å². The van der Waals surface area contributed by atoms with Crippen LogP contribution in [0.15, 0.2) is 30.3 Å². The van der Waals surface area contributed by atoms with Gasteiger partial charge in [0.15, 0.2) is 0 Å². The molecular weight excluding hydrogens is 334 g/mol. The fraction of sp³-hybridized carbons (Fsp3) is 0.708. The van der Waals surface area contributed by atoms with Crippen molar-refractivity contribution in [2.75, 3.05) is 18.5 Å². The van der Waals surface area contributed by atoms with Crippen molar-refractivity contribution in [3.63, 3.8) is 0 Å². The molecule has 0 atom stereocenters. The molecule has 0 aliphatic rings. The Kier molecular flexibility index (Phi) is 15.8. The van der Waals surface area contributed by atoms with Gasteiger partial charge in [0, 0.05) is 12.3 Å². The summed E-state index contributed by atoms with van der Waals surface area (Å²) in [5, 5.41) is 2.83. The van der Waals surface area contributed by atoms with E-state index in [0.717, 1.165) is 12.1 Å². The van der Waals surface area contributed by atoms with Crippen LogP contribution in [0.4, 0.5) is 5.69 Å². The number of amides is 1. The van der Waals surface area contributed by atoms with E-state index in [0.29, 0.717) is 6.61 Å². The van der Waals surface area contributed by atoms with E-state index in [2.05, 4.69) is 12.2 Å². The van der Waals surface area contributed by atoms with Gasteiger partial charge in [-0.3, -0.25) is 4.79 Å². The van der Waals surface area contributed by atoms with Gasteiger partial charge in [-0.15, -0.1) is 0 Å². The highest BCUT2D eigenvalue weighted by atomic mass is 16.5. The van der Waals surface area contributed by atoms with E-state index in [4.69, 9.17) is 4.74 Å². The highest BCUT2D eigenvalue weighted by Crippen LogP contribution is 2.13. The maximum atomic E-state index is 11.7. The fourth-order valence-corrected chi connectivity index (χ4v) is 3.28. The SMILES string of the molecule is CCCCCCCCCCCCCCCCOCC(=O)Nc1ccccc1. The van der Waals surface area contributed by atoms with Crippen LogP contribution in [0.5, 0.6) is 0 Å². The molecule has 1 amide bonds. The summed E-state index contributed by atoms with van der Waals surface area (Å²) in [6, 6.07) is 9.51. The first-order valence-corrected chi connectivity index (χ1v) is 11.3. The number of hydrogen-bond donors (Lipinski definition) is 1. The van der Waals surface area contributed by atoms with Gasteiger partial charge in [0.1, 0.15) is 6.61 Å². The summed E-state index contributed by atoms with van der Waals surface area (Å²) in [6.07, 6.45) is 19.0. The monoisotopic (exact) mass is 375 g/mol. The number of para-hydroxylation sites is 1. The average Bonchev–Trinajstić information content (AvgIpc) is 2.68. The molecule has 0 unspecified atom stereocenters. The number of hydrogen-bond acceptors (Lipinski definition) is 2. The van der Waals surface area contributed by atoms with Crippen LogP contribution >= 0.6 is 0 Å². The minimum atomic E-state index is -0.0773. The van der Waals surface area contributed by atoms with Crippen molar-refractivity contribution in [3.8, 4) is 0 Å². The summed E-state index contributed by atoms with van der Waals surface area (Å²) in [5.74, 6) is -0.0773. The van der Waals surface area contributed by atoms with E-state index >= 15 is 0 Å². The molecular formula is C24H41NO2. The third kappa shape index (κ3) is 15.4. The fourth-order valence-electron chi connectivity index (χ4n) is 3.28. The second-order valence-corrected chi connectivity index (χ2v) is 7.56. The van der Waals surface area contributed by atoms with Gasteiger partial charge in [0.2, 0.25) is 5.91 Å². The lowest BCUT2D eigenvalue weighted by atomic mass is 10.0. The number of benzene rings is 1. The van der Waals surface area contributed by atoms with Crippen molar-refractivity contribution in [2.24, 2.45) is 0 Å². The molecule has 1 rings (SSSR count). The van der Waals surface area contributed by atoms with E-state index < -0.39 is 0 Å². The number of rotatable bonds is 18. The topological polar surface area (TPSA) is 38.3 Å². The zero-order valence-corrected chi connectivity index (χ0v) is 17.5. The number of nitrogens with one attached hydrogen (secondary N) is 1. The van der Waals surface area contributed by atoms with Crippen molar-refractivity contribution in [2.45, 2.75) is 96.8 Å². The largest absolute Gasteiger partial charge is 0.372 e. The highest BCUT2D eigenvalue weighted by molar-refractivity contribution is 5.91. The zero-order valence-electron chi connectivity index (χ0n) is 17.5. The van der Waals surface area contributed by atoms with Crippen molar-refractivity contribution in [1.82, 2.24) is 0 Å². The predicted octanol–water partition coefficient (Wildman–Crippen LogP) is 7.12. The molecule has 0 saturated carbocycles. The van der Waals surface area contributed by atoms with E-state index in [1.54, 1.807) is 0 Å². The Morgan fingerprint density at radius 3 is 1.74 bits per heavy atom. The molecule has 3 heteroatoms. The van der Waals surface area contributed by atoms with Gasteiger partial charge < -0.3 is 10.1 Å². The lowest BCUT2D eigenvalue weighted by Crippen LogP contribution is -2.18. The van der Waals surface area contributed by atoms with Crippen LogP contribution < -0.4 is 5.32 Å². The van der Waals surface area contributed by atoms with Gasteiger partial charge >= 0.3 is 0 Å².